The predicted molar refractivity (Wildman–Crippen MR) is 106 cm³/mol. The van der Waals surface area contributed by atoms with Crippen molar-refractivity contribution < 1.29 is 28.5 Å². The number of carbonyl (C=O) groups excluding carboxylic acids is 1. The van der Waals surface area contributed by atoms with Gasteiger partial charge in [0.25, 0.3) is 0 Å². The van der Waals surface area contributed by atoms with Crippen molar-refractivity contribution in [3.63, 3.8) is 0 Å². The number of aliphatic hydroxyl groups excluding tert-OH is 1. The van der Waals surface area contributed by atoms with Gasteiger partial charge in [-0.3, -0.25) is 0 Å². The van der Waals surface area contributed by atoms with Crippen LogP contribution < -0.4 is 5.73 Å². The van der Waals surface area contributed by atoms with Crippen LogP contribution in [0.25, 0.3) is 11.0 Å². The van der Waals surface area contributed by atoms with Crippen LogP contribution in [0.3, 0.4) is 0 Å². The minimum Gasteiger partial charge on any atom is -0.434 e. The first-order chi connectivity index (χ1) is 13.1. The molecule has 0 bridgehead atoms. The quantitative estimate of drug-likeness (QED) is 0.477. The van der Waals surface area contributed by atoms with Crippen LogP contribution in [0.4, 0.5) is 15.0 Å². The van der Waals surface area contributed by atoms with Gasteiger partial charge in [0.05, 0.1) is 18.6 Å². The van der Waals surface area contributed by atoms with E-state index in [1.807, 2.05) is 43.4 Å². The molecule has 2 aromatic rings. The lowest BCUT2D eigenvalue weighted by molar-refractivity contribution is -0.0581. The smallest absolute Gasteiger partial charge is 0.434 e. The molecule has 1 aliphatic heterocycles. The zero-order valence-corrected chi connectivity index (χ0v) is 17.8. The minimum atomic E-state index is -1.75. The highest BCUT2D eigenvalue weighted by Gasteiger charge is 2.49. The molecule has 2 aromatic heterocycles. The zero-order valence-electron chi connectivity index (χ0n) is 15.6. The Morgan fingerprint density at radius 2 is 2.18 bits per heavy atom. The molecule has 1 fully saturated rings. The monoisotopic (exact) mass is 508 g/mol. The standard InChI is InChI=1S/C17H22FIN4O5/c1-17(2,3)6-26-16(25)28-12-9(5-24)27-15(11(12)18)23-4-8(19)10-13(20)21-7-22-14(10)23/h4,7,9,11-12,15,24H,5-6H2,1-3H3,(H2,20,21,22)/t9-,11?,12+,15-/m1/s1. The largest absolute Gasteiger partial charge is 0.508 e. The highest BCUT2D eigenvalue weighted by molar-refractivity contribution is 14.1. The molecule has 0 amide bonds. The fourth-order valence-corrected chi connectivity index (χ4v) is 3.70. The first kappa shape index (κ1) is 21.0. The van der Waals surface area contributed by atoms with E-state index in [9.17, 15) is 9.90 Å². The molecule has 154 valence electrons. The maximum absolute atomic E-state index is 15.2. The van der Waals surface area contributed by atoms with E-state index in [0.717, 1.165) is 3.57 Å². The summed E-state index contributed by atoms with van der Waals surface area (Å²) in [7, 11) is 0. The van der Waals surface area contributed by atoms with Gasteiger partial charge in [-0.2, -0.15) is 0 Å². The molecule has 0 saturated carbocycles. The number of fused-ring (bicyclic) bond motifs is 1. The second-order valence-corrected chi connectivity index (χ2v) is 8.88. The molecule has 9 nitrogen and oxygen atoms in total. The normalized spacial score (nSPS) is 25.2. The van der Waals surface area contributed by atoms with Crippen LogP contribution in [-0.4, -0.2) is 57.4 Å². The number of hydrogen-bond donors (Lipinski definition) is 2. The van der Waals surface area contributed by atoms with Gasteiger partial charge in [-0.05, 0) is 28.0 Å². The maximum atomic E-state index is 15.2. The molecule has 28 heavy (non-hydrogen) atoms. The van der Waals surface area contributed by atoms with Crippen molar-refractivity contribution >= 4 is 45.6 Å². The molecule has 1 saturated heterocycles. The molecule has 3 N–H and O–H groups in total. The molecule has 0 radical (unpaired) electrons. The van der Waals surface area contributed by atoms with Crippen molar-refractivity contribution in [1.29, 1.82) is 0 Å². The average molecular weight is 508 g/mol. The second-order valence-electron chi connectivity index (χ2n) is 7.72. The summed E-state index contributed by atoms with van der Waals surface area (Å²) in [5.41, 5.74) is 6.01. The summed E-state index contributed by atoms with van der Waals surface area (Å²) < 4.78 is 33.1. The van der Waals surface area contributed by atoms with Crippen molar-refractivity contribution in [3.05, 3.63) is 16.1 Å². The van der Waals surface area contributed by atoms with Gasteiger partial charge in [-0.15, -0.1) is 0 Å². The Morgan fingerprint density at radius 3 is 2.82 bits per heavy atom. The lowest BCUT2D eigenvalue weighted by Gasteiger charge is -2.21. The molecule has 0 spiro atoms. The number of nitrogens with zero attached hydrogens (tertiary/aromatic N) is 3. The molecule has 0 aromatic carbocycles. The van der Waals surface area contributed by atoms with Gasteiger partial charge < -0.3 is 29.6 Å². The fraction of sp³-hybridized carbons (Fsp3) is 0.588. The molecule has 4 atom stereocenters. The number of nitrogens with two attached hydrogens (primary N) is 1. The highest BCUT2D eigenvalue weighted by Crippen LogP contribution is 2.37. The van der Waals surface area contributed by atoms with Gasteiger partial charge in [0.15, 0.2) is 18.5 Å². The number of carbonyl (C=O) groups is 1. The van der Waals surface area contributed by atoms with Crippen LogP contribution in [0, 0.1) is 8.99 Å². The minimum absolute atomic E-state index is 0.111. The van der Waals surface area contributed by atoms with E-state index in [4.69, 9.17) is 19.9 Å². The number of halogens is 2. The lowest BCUT2D eigenvalue weighted by Crippen LogP contribution is -2.36. The summed E-state index contributed by atoms with van der Waals surface area (Å²) in [6.07, 6.45) is -3.38. The molecule has 0 aliphatic carbocycles. The molecular weight excluding hydrogens is 486 g/mol. The summed E-state index contributed by atoms with van der Waals surface area (Å²) in [6, 6.07) is 0. The third-order valence-electron chi connectivity index (χ3n) is 4.17. The van der Waals surface area contributed by atoms with Gasteiger partial charge >= 0.3 is 6.16 Å². The van der Waals surface area contributed by atoms with E-state index >= 15 is 4.39 Å². The van der Waals surface area contributed by atoms with Crippen molar-refractivity contribution in [2.45, 2.75) is 45.4 Å². The number of anilines is 1. The highest BCUT2D eigenvalue weighted by atomic mass is 127. The van der Waals surface area contributed by atoms with Crippen LogP contribution in [0.1, 0.15) is 27.0 Å². The number of aromatic nitrogens is 3. The van der Waals surface area contributed by atoms with Gasteiger partial charge in [0, 0.05) is 9.77 Å². The van der Waals surface area contributed by atoms with Crippen LogP contribution in [0.5, 0.6) is 0 Å². The number of alkyl halides is 1. The Kier molecular flexibility index (Phi) is 5.96. The van der Waals surface area contributed by atoms with Gasteiger partial charge in [-0.25, -0.2) is 19.2 Å². The first-order valence-electron chi connectivity index (χ1n) is 8.62. The zero-order chi connectivity index (χ0) is 20.6. The van der Waals surface area contributed by atoms with E-state index in [1.165, 1.54) is 10.9 Å². The predicted octanol–water partition coefficient (Wildman–Crippen LogP) is 2.41. The fourth-order valence-electron chi connectivity index (χ4n) is 2.88. The number of rotatable bonds is 4. The topological polar surface area (TPSA) is 122 Å². The van der Waals surface area contributed by atoms with Gasteiger partial charge in [0.1, 0.15) is 23.9 Å². The van der Waals surface area contributed by atoms with Crippen LogP contribution in [-0.2, 0) is 14.2 Å². The Balaban J connectivity index is 1.82. The Hall–Kier alpha value is -1.73. The number of nitrogen functional groups attached to an aromatic ring is 1. The molecule has 1 aliphatic rings. The number of ether oxygens (including phenoxy) is 3. The van der Waals surface area contributed by atoms with E-state index in [0.29, 0.717) is 11.0 Å². The second kappa shape index (κ2) is 7.95. The molecule has 3 rings (SSSR count). The molecule has 3 heterocycles. The molecule has 1 unspecified atom stereocenters. The molecule has 11 heteroatoms. The number of aliphatic hydroxyl groups is 1. The Morgan fingerprint density at radius 1 is 1.46 bits per heavy atom. The van der Waals surface area contributed by atoms with Crippen LogP contribution >= 0.6 is 22.6 Å². The van der Waals surface area contributed by atoms with E-state index in [1.54, 1.807) is 6.20 Å². The number of hydrogen-bond acceptors (Lipinski definition) is 8. The molecular formula is C17H22FIN4O5. The van der Waals surface area contributed by atoms with Gasteiger partial charge in [-0.1, -0.05) is 20.8 Å². The van der Waals surface area contributed by atoms with Crippen LogP contribution in [0.2, 0.25) is 0 Å². The average Bonchev–Trinajstić information content (AvgIpc) is 3.11. The third kappa shape index (κ3) is 4.15. The van der Waals surface area contributed by atoms with Crippen molar-refractivity contribution in [2.24, 2.45) is 5.41 Å². The first-order valence-corrected chi connectivity index (χ1v) is 9.70. The van der Waals surface area contributed by atoms with Crippen molar-refractivity contribution in [2.75, 3.05) is 18.9 Å². The Bertz CT molecular complexity index is 871. The Labute approximate surface area is 174 Å². The summed E-state index contributed by atoms with van der Waals surface area (Å²) in [4.78, 5) is 20.1. The van der Waals surface area contributed by atoms with Crippen molar-refractivity contribution in [1.82, 2.24) is 14.5 Å². The van der Waals surface area contributed by atoms with Crippen LogP contribution in [0.15, 0.2) is 12.5 Å². The summed E-state index contributed by atoms with van der Waals surface area (Å²) in [6.45, 7) is 5.24. The van der Waals surface area contributed by atoms with E-state index in [2.05, 4.69) is 9.97 Å². The van der Waals surface area contributed by atoms with E-state index < -0.39 is 37.4 Å². The summed E-state index contributed by atoms with van der Waals surface area (Å²) >= 11 is 2.04. The SMILES string of the molecule is CC(C)(C)COC(=O)O[C@@H]1C(F)[C@H](n2cc(I)c3c(N)ncnc32)O[C@@H]1CO. The van der Waals surface area contributed by atoms with Crippen molar-refractivity contribution in [3.8, 4) is 0 Å². The van der Waals surface area contributed by atoms with E-state index in [-0.39, 0.29) is 17.8 Å². The maximum Gasteiger partial charge on any atom is 0.508 e. The third-order valence-corrected chi connectivity index (χ3v) is 4.99. The van der Waals surface area contributed by atoms with Gasteiger partial charge in [0.2, 0.25) is 0 Å². The lowest BCUT2D eigenvalue weighted by atomic mass is 9.99. The summed E-state index contributed by atoms with van der Waals surface area (Å²) in [5.74, 6) is 0.263. The summed E-state index contributed by atoms with van der Waals surface area (Å²) in [5, 5.41) is 10.2.